The maximum Gasteiger partial charge on any atom is 0.220 e. The SMILES string of the molecule is Nc1ncc2c(n1)CCN(Cc1ccc(Br)cn1)C2. The normalized spacial score (nSPS) is 15.2. The third kappa shape index (κ3) is 2.90. The Kier molecular flexibility index (Phi) is 3.44. The van der Waals surface area contributed by atoms with Crippen LogP contribution in [0.25, 0.3) is 0 Å². The molecule has 0 saturated carbocycles. The first kappa shape index (κ1) is 12.5. The zero-order valence-corrected chi connectivity index (χ0v) is 12.0. The second kappa shape index (κ2) is 5.22. The molecule has 0 unspecified atom stereocenters. The van der Waals surface area contributed by atoms with Crippen molar-refractivity contribution in [3.8, 4) is 0 Å². The van der Waals surface area contributed by atoms with E-state index in [1.807, 2.05) is 24.5 Å². The lowest BCUT2D eigenvalue weighted by Crippen LogP contribution is -2.31. The summed E-state index contributed by atoms with van der Waals surface area (Å²) in [5, 5.41) is 0. The van der Waals surface area contributed by atoms with Crippen LogP contribution in [0.4, 0.5) is 5.95 Å². The number of fused-ring (bicyclic) bond motifs is 1. The number of aromatic nitrogens is 3. The molecule has 0 aliphatic carbocycles. The van der Waals surface area contributed by atoms with Gasteiger partial charge in [-0.15, -0.1) is 0 Å². The standard InChI is InChI=1S/C13H14BrN5/c14-10-1-2-11(16-6-10)8-19-4-3-12-9(7-19)5-17-13(15)18-12/h1-2,5-6H,3-4,7-8H2,(H2,15,17,18). The minimum absolute atomic E-state index is 0.363. The van der Waals surface area contributed by atoms with Crippen molar-refractivity contribution in [2.45, 2.75) is 19.5 Å². The Hall–Kier alpha value is -1.53. The predicted octanol–water partition coefficient (Wildman–Crippen LogP) is 1.77. The summed E-state index contributed by atoms with van der Waals surface area (Å²) < 4.78 is 1.00. The molecule has 0 aromatic carbocycles. The van der Waals surface area contributed by atoms with E-state index in [9.17, 15) is 0 Å². The number of rotatable bonds is 2. The van der Waals surface area contributed by atoms with Crippen molar-refractivity contribution in [3.63, 3.8) is 0 Å². The number of nitrogens with two attached hydrogens (primary N) is 1. The molecule has 0 spiro atoms. The van der Waals surface area contributed by atoms with Crippen molar-refractivity contribution in [3.05, 3.63) is 46.0 Å². The molecule has 19 heavy (non-hydrogen) atoms. The van der Waals surface area contributed by atoms with Gasteiger partial charge in [0.25, 0.3) is 0 Å². The van der Waals surface area contributed by atoms with Crippen LogP contribution in [0.15, 0.2) is 29.0 Å². The number of nitrogen functional groups attached to an aromatic ring is 1. The number of anilines is 1. The molecule has 98 valence electrons. The van der Waals surface area contributed by atoms with Gasteiger partial charge in [0.15, 0.2) is 0 Å². The molecule has 0 saturated heterocycles. The molecular formula is C13H14BrN5. The fraction of sp³-hybridized carbons (Fsp3) is 0.308. The van der Waals surface area contributed by atoms with Crippen LogP contribution >= 0.6 is 15.9 Å². The van der Waals surface area contributed by atoms with Gasteiger partial charge in [0.1, 0.15) is 0 Å². The first-order valence-corrected chi connectivity index (χ1v) is 6.93. The molecule has 5 nitrogen and oxygen atoms in total. The molecule has 0 atom stereocenters. The smallest absolute Gasteiger partial charge is 0.220 e. The molecule has 0 amide bonds. The number of hydrogen-bond donors (Lipinski definition) is 1. The topological polar surface area (TPSA) is 67.9 Å². The highest BCUT2D eigenvalue weighted by Gasteiger charge is 2.18. The van der Waals surface area contributed by atoms with Gasteiger partial charge in [-0.1, -0.05) is 0 Å². The first-order chi connectivity index (χ1) is 9.20. The van der Waals surface area contributed by atoms with E-state index < -0.39 is 0 Å². The van der Waals surface area contributed by atoms with Crippen LogP contribution in [0.3, 0.4) is 0 Å². The Morgan fingerprint density at radius 1 is 1.26 bits per heavy atom. The molecule has 6 heteroatoms. The van der Waals surface area contributed by atoms with Gasteiger partial charge in [0, 0.05) is 48.5 Å². The van der Waals surface area contributed by atoms with E-state index in [2.05, 4.69) is 35.8 Å². The zero-order chi connectivity index (χ0) is 13.2. The molecule has 2 aromatic rings. The van der Waals surface area contributed by atoms with E-state index >= 15 is 0 Å². The predicted molar refractivity (Wildman–Crippen MR) is 76.2 cm³/mol. The Bertz CT molecular complexity index is 584. The summed E-state index contributed by atoms with van der Waals surface area (Å²) in [5.41, 5.74) is 8.92. The average molecular weight is 320 g/mol. The summed E-state index contributed by atoms with van der Waals surface area (Å²) in [5.74, 6) is 0.363. The Morgan fingerprint density at radius 2 is 2.16 bits per heavy atom. The highest BCUT2D eigenvalue weighted by molar-refractivity contribution is 9.10. The minimum atomic E-state index is 0.363. The lowest BCUT2D eigenvalue weighted by atomic mass is 10.1. The summed E-state index contributed by atoms with van der Waals surface area (Å²) in [4.78, 5) is 15.1. The maximum atomic E-state index is 5.60. The van der Waals surface area contributed by atoms with Gasteiger partial charge in [-0.05, 0) is 28.1 Å². The highest BCUT2D eigenvalue weighted by atomic mass is 79.9. The number of halogens is 1. The van der Waals surface area contributed by atoms with Crippen molar-refractivity contribution in [1.82, 2.24) is 19.9 Å². The van der Waals surface area contributed by atoms with Gasteiger partial charge in [-0.2, -0.15) is 0 Å². The highest BCUT2D eigenvalue weighted by Crippen LogP contribution is 2.18. The van der Waals surface area contributed by atoms with Crippen LogP contribution in [-0.2, 0) is 19.5 Å². The lowest BCUT2D eigenvalue weighted by Gasteiger charge is -2.27. The molecule has 2 N–H and O–H groups in total. The van der Waals surface area contributed by atoms with Crippen molar-refractivity contribution in [1.29, 1.82) is 0 Å². The van der Waals surface area contributed by atoms with Gasteiger partial charge >= 0.3 is 0 Å². The minimum Gasteiger partial charge on any atom is -0.368 e. The monoisotopic (exact) mass is 319 g/mol. The van der Waals surface area contributed by atoms with Crippen LogP contribution in [0, 0.1) is 0 Å². The largest absolute Gasteiger partial charge is 0.368 e. The molecule has 1 aliphatic rings. The van der Waals surface area contributed by atoms with Crippen molar-refractivity contribution < 1.29 is 0 Å². The summed E-state index contributed by atoms with van der Waals surface area (Å²) in [6, 6.07) is 4.06. The zero-order valence-electron chi connectivity index (χ0n) is 10.4. The van der Waals surface area contributed by atoms with Gasteiger partial charge in [0.2, 0.25) is 5.95 Å². The van der Waals surface area contributed by atoms with E-state index in [1.165, 1.54) is 0 Å². The summed E-state index contributed by atoms with van der Waals surface area (Å²) >= 11 is 3.39. The molecule has 2 aromatic heterocycles. The average Bonchev–Trinajstić information content (AvgIpc) is 2.42. The van der Waals surface area contributed by atoms with Crippen molar-refractivity contribution in [2.75, 3.05) is 12.3 Å². The molecule has 0 fully saturated rings. The number of nitrogens with zero attached hydrogens (tertiary/aromatic N) is 4. The fourth-order valence-electron chi connectivity index (χ4n) is 2.25. The number of pyridine rings is 1. The van der Waals surface area contributed by atoms with Crippen LogP contribution in [0.2, 0.25) is 0 Å². The third-order valence-corrected chi connectivity index (χ3v) is 3.67. The maximum absolute atomic E-state index is 5.60. The van der Waals surface area contributed by atoms with Crippen LogP contribution < -0.4 is 5.73 Å². The molecular weight excluding hydrogens is 306 g/mol. The summed E-state index contributed by atoms with van der Waals surface area (Å²) in [7, 11) is 0. The Labute approximate surface area is 120 Å². The fourth-order valence-corrected chi connectivity index (χ4v) is 2.49. The molecule has 0 bridgehead atoms. The quantitative estimate of drug-likeness (QED) is 0.913. The van der Waals surface area contributed by atoms with Crippen LogP contribution in [0.1, 0.15) is 17.0 Å². The van der Waals surface area contributed by atoms with Gasteiger partial charge < -0.3 is 5.73 Å². The molecule has 0 radical (unpaired) electrons. The first-order valence-electron chi connectivity index (χ1n) is 6.14. The van der Waals surface area contributed by atoms with Crippen molar-refractivity contribution in [2.24, 2.45) is 0 Å². The second-order valence-corrected chi connectivity index (χ2v) is 5.54. The Balaban J connectivity index is 1.72. The second-order valence-electron chi connectivity index (χ2n) is 4.63. The van der Waals surface area contributed by atoms with Gasteiger partial charge in [-0.25, -0.2) is 9.97 Å². The van der Waals surface area contributed by atoms with E-state index in [1.54, 1.807) is 0 Å². The van der Waals surface area contributed by atoms with E-state index in [4.69, 9.17) is 5.73 Å². The van der Waals surface area contributed by atoms with Gasteiger partial charge in [-0.3, -0.25) is 9.88 Å². The van der Waals surface area contributed by atoms with E-state index in [0.29, 0.717) is 5.95 Å². The van der Waals surface area contributed by atoms with E-state index in [-0.39, 0.29) is 0 Å². The number of hydrogen-bond acceptors (Lipinski definition) is 5. The Morgan fingerprint density at radius 3 is 2.95 bits per heavy atom. The van der Waals surface area contributed by atoms with Crippen LogP contribution in [-0.4, -0.2) is 26.4 Å². The molecule has 3 heterocycles. The van der Waals surface area contributed by atoms with E-state index in [0.717, 1.165) is 47.5 Å². The van der Waals surface area contributed by atoms with Crippen molar-refractivity contribution >= 4 is 21.9 Å². The van der Waals surface area contributed by atoms with Gasteiger partial charge in [0.05, 0.1) is 11.4 Å². The molecule has 1 aliphatic heterocycles. The lowest BCUT2D eigenvalue weighted by molar-refractivity contribution is 0.240. The third-order valence-electron chi connectivity index (χ3n) is 3.21. The molecule has 3 rings (SSSR count). The van der Waals surface area contributed by atoms with Crippen LogP contribution in [0.5, 0.6) is 0 Å². The summed E-state index contributed by atoms with van der Waals surface area (Å²) in [6.45, 7) is 2.67. The summed E-state index contributed by atoms with van der Waals surface area (Å²) in [6.07, 6.45) is 4.58.